The Kier molecular flexibility index (Phi) is 2.84. The average molecular weight is 304 g/mol. The third kappa shape index (κ3) is 2.32. The summed E-state index contributed by atoms with van der Waals surface area (Å²) in [6.45, 7) is -3.74. The SMILES string of the molecule is [2H]C(N)C([2H])([2H])Nc1c(C(=O)OC)sc2ccc3ncccc3c12. The molecule has 0 fully saturated rings. The van der Waals surface area contributed by atoms with Gasteiger partial charge in [-0.25, -0.2) is 4.79 Å². The van der Waals surface area contributed by atoms with Gasteiger partial charge >= 0.3 is 5.97 Å². The van der Waals surface area contributed by atoms with Gasteiger partial charge in [-0.15, -0.1) is 11.3 Å². The molecule has 0 amide bonds. The zero-order chi connectivity index (χ0) is 17.5. The first-order chi connectivity index (χ1) is 11.3. The van der Waals surface area contributed by atoms with Gasteiger partial charge in [0.05, 0.1) is 21.1 Å². The Hall–Kier alpha value is -2.18. The monoisotopic (exact) mass is 304 g/mol. The number of carbonyl (C=O) groups excluding carboxylic acids is 1. The summed E-state index contributed by atoms with van der Waals surface area (Å²) in [6, 6.07) is 7.28. The molecule has 1 aromatic carbocycles. The summed E-state index contributed by atoms with van der Waals surface area (Å²) in [5, 5.41) is 4.06. The molecule has 3 rings (SSSR count). The van der Waals surface area contributed by atoms with Gasteiger partial charge in [0.2, 0.25) is 0 Å². The van der Waals surface area contributed by atoms with Gasteiger partial charge in [0.25, 0.3) is 0 Å². The molecule has 0 saturated heterocycles. The van der Waals surface area contributed by atoms with Gasteiger partial charge in [0.1, 0.15) is 4.88 Å². The molecule has 3 aromatic rings. The number of esters is 1. The first-order valence-corrected chi connectivity index (χ1v) is 7.01. The van der Waals surface area contributed by atoms with Gasteiger partial charge in [-0.3, -0.25) is 4.98 Å². The molecular weight excluding hydrogens is 286 g/mol. The summed E-state index contributed by atoms with van der Waals surface area (Å²) in [7, 11) is 1.26. The van der Waals surface area contributed by atoms with E-state index < -0.39 is 19.0 Å². The number of thiophene rings is 1. The zero-order valence-corrected chi connectivity index (χ0v) is 12.0. The van der Waals surface area contributed by atoms with Crippen LogP contribution in [0.5, 0.6) is 0 Å². The van der Waals surface area contributed by atoms with E-state index >= 15 is 0 Å². The third-order valence-corrected chi connectivity index (χ3v) is 4.22. The van der Waals surface area contributed by atoms with E-state index in [4.69, 9.17) is 14.6 Å². The lowest BCUT2D eigenvalue weighted by Crippen LogP contribution is -2.14. The number of carbonyl (C=O) groups is 1. The first-order valence-electron chi connectivity index (χ1n) is 7.77. The lowest BCUT2D eigenvalue weighted by Gasteiger charge is -2.07. The maximum Gasteiger partial charge on any atom is 0.350 e. The lowest BCUT2D eigenvalue weighted by molar-refractivity contribution is 0.0607. The van der Waals surface area contributed by atoms with E-state index in [1.54, 1.807) is 12.3 Å². The van der Waals surface area contributed by atoms with E-state index in [1.807, 2.05) is 18.2 Å². The molecule has 1 unspecified atom stereocenters. The molecule has 0 bridgehead atoms. The molecule has 0 saturated carbocycles. The van der Waals surface area contributed by atoms with Crippen LogP contribution in [-0.2, 0) is 4.74 Å². The van der Waals surface area contributed by atoms with Crippen molar-refractivity contribution in [1.29, 1.82) is 0 Å². The minimum atomic E-state index is -2.22. The average Bonchev–Trinajstić information content (AvgIpc) is 2.92. The highest BCUT2D eigenvalue weighted by Crippen LogP contribution is 2.40. The van der Waals surface area contributed by atoms with Crippen molar-refractivity contribution in [3.8, 4) is 0 Å². The van der Waals surface area contributed by atoms with Crippen LogP contribution in [0, 0.1) is 0 Å². The van der Waals surface area contributed by atoms with Crippen LogP contribution in [0.1, 0.15) is 13.8 Å². The Morgan fingerprint density at radius 3 is 3.14 bits per heavy atom. The first kappa shape index (κ1) is 10.5. The summed E-state index contributed by atoms with van der Waals surface area (Å²) in [5.41, 5.74) is 6.40. The summed E-state index contributed by atoms with van der Waals surface area (Å²) in [6.07, 6.45) is 1.66. The van der Waals surface area contributed by atoms with Gasteiger partial charge in [-0.2, -0.15) is 0 Å². The minimum Gasteiger partial charge on any atom is -0.465 e. The predicted octanol–water partition coefficient (Wildman–Crippen LogP) is 2.61. The Balaban J connectivity index is 2.33. The molecule has 0 aliphatic heterocycles. The Morgan fingerprint density at radius 2 is 2.38 bits per heavy atom. The van der Waals surface area contributed by atoms with E-state index in [1.165, 1.54) is 18.4 Å². The number of anilines is 1. The number of ether oxygens (including phenoxy) is 1. The molecule has 0 radical (unpaired) electrons. The summed E-state index contributed by atoms with van der Waals surface area (Å²) < 4.78 is 28.9. The fraction of sp³-hybridized carbons (Fsp3) is 0.200. The van der Waals surface area contributed by atoms with Crippen LogP contribution >= 0.6 is 11.3 Å². The second-order valence-electron chi connectivity index (χ2n) is 4.24. The second kappa shape index (κ2) is 5.67. The number of aromatic nitrogens is 1. The number of hydrogen-bond acceptors (Lipinski definition) is 6. The smallest absolute Gasteiger partial charge is 0.350 e. The molecular formula is C15H15N3O2S. The predicted molar refractivity (Wildman–Crippen MR) is 86.0 cm³/mol. The number of nitrogens with zero attached hydrogens (tertiary/aromatic N) is 1. The second-order valence-corrected chi connectivity index (χ2v) is 5.29. The van der Waals surface area contributed by atoms with E-state index in [-0.39, 0.29) is 10.6 Å². The molecule has 2 heterocycles. The van der Waals surface area contributed by atoms with Crippen molar-refractivity contribution in [3.05, 3.63) is 35.3 Å². The molecule has 5 nitrogen and oxygen atoms in total. The van der Waals surface area contributed by atoms with Crippen molar-refractivity contribution >= 4 is 44.0 Å². The van der Waals surface area contributed by atoms with Gasteiger partial charge in [-0.05, 0) is 18.2 Å². The molecule has 0 aliphatic carbocycles. The molecule has 2 aromatic heterocycles. The molecule has 1 atom stereocenters. The van der Waals surface area contributed by atoms with Gasteiger partial charge in [0, 0.05) is 36.1 Å². The molecule has 6 heteroatoms. The highest BCUT2D eigenvalue weighted by Gasteiger charge is 2.20. The molecule has 0 aliphatic rings. The van der Waals surface area contributed by atoms with Crippen LogP contribution in [0.15, 0.2) is 30.5 Å². The quantitative estimate of drug-likeness (QED) is 0.725. The molecule has 0 spiro atoms. The number of rotatable bonds is 4. The number of nitrogens with two attached hydrogens (primary N) is 1. The molecule has 108 valence electrons. The fourth-order valence-corrected chi connectivity index (χ4v) is 3.31. The van der Waals surface area contributed by atoms with Crippen LogP contribution in [0.4, 0.5) is 5.69 Å². The standard InChI is InChI=1S/C15H15N3O2S/c1-20-15(19)14-13(18-8-6-16)12-9-3-2-7-17-10(9)4-5-11(12)21-14/h2-5,7,18H,6,8,16H2,1H3/i6D,8D2. The van der Waals surface area contributed by atoms with Crippen molar-refractivity contribution in [1.82, 2.24) is 4.98 Å². The maximum atomic E-state index is 12.1. The summed E-state index contributed by atoms with van der Waals surface area (Å²) in [5.74, 6) is -0.579. The van der Waals surface area contributed by atoms with Crippen LogP contribution in [-0.4, -0.2) is 31.1 Å². The summed E-state index contributed by atoms with van der Waals surface area (Å²) >= 11 is 1.19. The highest BCUT2D eigenvalue weighted by atomic mass is 32.1. The van der Waals surface area contributed by atoms with Crippen LogP contribution < -0.4 is 11.1 Å². The van der Waals surface area contributed by atoms with Crippen molar-refractivity contribution in [2.75, 3.05) is 25.4 Å². The summed E-state index contributed by atoms with van der Waals surface area (Å²) in [4.78, 5) is 16.6. The molecule has 21 heavy (non-hydrogen) atoms. The fourth-order valence-electron chi connectivity index (χ4n) is 2.22. The maximum absolute atomic E-state index is 12.1. The lowest BCUT2D eigenvalue weighted by atomic mass is 10.1. The molecule has 3 N–H and O–H groups in total. The third-order valence-electron chi connectivity index (χ3n) is 3.09. The topological polar surface area (TPSA) is 77.2 Å². The number of nitrogens with one attached hydrogen (secondary N) is 1. The highest BCUT2D eigenvalue weighted by molar-refractivity contribution is 7.21. The van der Waals surface area contributed by atoms with Crippen LogP contribution in [0.3, 0.4) is 0 Å². The number of pyridine rings is 1. The number of fused-ring (bicyclic) bond motifs is 3. The van der Waals surface area contributed by atoms with Gasteiger partial charge < -0.3 is 15.8 Å². The number of hydrogen-bond donors (Lipinski definition) is 2. The van der Waals surface area contributed by atoms with E-state index in [0.717, 1.165) is 15.6 Å². The van der Waals surface area contributed by atoms with Crippen LogP contribution in [0.25, 0.3) is 21.0 Å². The Labute approximate surface area is 129 Å². The van der Waals surface area contributed by atoms with Gasteiger partial charge in [-0.1, -0.05) is 6.07 Å². The van der Waals surface area contributed by atoms with Crippen molar-refractivity contribution < 1.29 is 13.6 Å². The van der Waals surface area contributed by atoms with Crippen LogP contribution in [0.2, 0.25) is 0 Å². The Morgan fingerprint density at radius 1 is 1.52 bits per heavy atom. The largest absolute Gasteiger partial charge is 0.465 e. The van der Waals surface area contributed by atoms with E-state index in [0.29, 0.717) is 5.39 Å². The van der Waals surface area contributed by atoms with Crippen molar-refractivity contribution in [2.45, 2.75) is 0 Å². The number of methoxy groups -OCH3 is 1. The van der Waals surface area contributed by atoms with Crippen molar-refractivity contribution in [3.63, 3.8) is 0 Å². The Bertz CT molecular complexity index is 927. The number of benzene rings is 1. The van der Waals surface area contributed by atoms with Crippen molar-refractivity contribution in [2.24, 2.45) is 5.73 Å². The van der Waals surface area contributed by atoms with Gasteiger partial charge in [0.15, 0.2) is 0 Å². The van der Waals surface area contributed by atoms with E-state index in [2.05, 4.69) is 10.3 Å². The van der Waals surface area contributed by atoms with E-state index in [9.17, 15) is 4.79 Å². The minimum absolute atomic E-state index is 0.230. The zero-order valence-electron chi connectivity index (χ0n) is 14.2. The normalized spacial score (nSPS) is 15.2.